The van der Waals surface area contributed by atoms with Crippen LogP contribution in [0.1, 0.15) is 16.1 Å². The fraction of sp³-hybridized carbons (Fsp3) is 0.0833. The number of hydrogen-bond acceptors (Lipinski definition) is 4. The van der Waals surface area contributed by atoms with Gasteiger partial charge in [0.05, 0.1) is 11.4 Å². The average Bonchev–Trinajstić information content (AvgIpc) is 2.34. The molecule has 0 fully saturated rings. The lowest BCUT2D eigenvalue weighted by Crippen LogP contribution is -2.13. The summed E-state index contributed by atoms with van der Waals surface area (Å²) in [6, 6.07) is 6.68. The molecule has 0 bridgehead atoms. The number of nitrogens with one attached hydrogen (secondary N) is 1. The third-order valence-electron chi connectivity index (χ3n) is 2.30. The first-order valence-electron chi connectivity index (χ1n) is 5.11. The van der Waals surface area contributed by atoms with E-state index in [9.17, 15) is 4.79 Å². The summed E-state index contributed by atoms with van der Waals surface area (Å²) < 4.78 is 0. The lowest BCUT2D eigenvalue weighted by atomic mass is 10.2. The van der Waals surface area contributed by atoms with E-state index in [4.69, 9.17) is 5.73 Å². The molecule has 5 nitrogen and oxygen atoms in total. The normalized spacial score (nSPS) is 9.94. The molecule has 86 valence electrons. The molecule has 2 heterocycles. The molecular weight excluding hydrogens is 216 g/mol. The van der Waals surface area contributed by atoms with E-state index in [2.05, 4.69) is 15.3 Å². The van der Waals surface area contributed by atoms with Gasteiger partial charge in [-0.05, 0) is 31.2 Å². The second-order valence-corrected chi connectivity index (χ2v) is 3.56. The molecule has 0 unspecified atom stereocenters. The summed E-state index contributed by atoms with van der Waals surface area (Å²) in [7, 11) is 0. The Hall–Kier alpha value is -2.43. The van der Waals surface area contributed by atoms with Gasteiger partial charge < -0.3 is 11.1 Å². The highest BCUT2D eigenvalue weighted by Crippen LogP contribution is 2.14. The van der Waals surface area contributed by atoms with E-state index in [1.807, 2.05) is 0 Å². The first-order valence-corrected chi connectivity index (χ1v) is 5.11. The topological polar surface area (TPSA) is 80.9 Å². The van der Waals surface area contributed by atoms with Gasteiger partial charge in [-0.1, -0.05) is 0 Å². The van der Waals surface area contributed by atoms with Crippen molar-refractivity contribution < 1.29 is 4.79 Å². The Balaban J connectivity index is 2.19. The second-order valence-electron chi connectivity index (χ2n) is 3.56. The third kappa shape index (κ3) is 2.57. The van der Waals surface area contributed by atoms with Crippen LogP contribution in [0.2, 0.25) is 0 Å². The Labute approximate surface area is 98.7 Å². The number of carbonyl (C=O) groups excluding carboxylic acids is 1. The zero-order valence-corrected chi connectivity index (χ0v) is 9.34. The van der Waals surface area contributed by atoms with Crippen LogP contribution in [0.5, 0.6) is 0 Å². The SMILES string of the molecule is Cc1nc(N)ccc1NC(=O)c1ccncc1. The first-order chi connectivity index (χ1) is 8.16. The summed E-state index contributed by atoms with van der Waals surface area (Å²) >= 11 is 0. The van der Waals surface area contributed by atoms with Crippen molar-refractivity contribution in [1.29, 1.82) is 0 Å². The summed E-state index contributed by atoms with van der Waals surface area (Å²) in [5.74, 6) is 0.242. The van der Waals surface area contributed by atoms with E-state index in [1.165, 1.54) is 0 Å². The fourth-order valence-electron chi connectivity index (χ4n) is 1.41. The minimum atomic E-state index is -0.193. The van der Waals surface area contributed by atoms with Gasteiger partial charge in [0.15, 0.2) is 0 Å². The van der Waals surface area contributed by atoms with Crippen molar-refractivity contribution >= 4 is 17.4 Å². The minimum Gasteiger partial charge on any atom is -0.384 e. The van der Waals surface area contributed by atoms with Gasteiger partial charge in [0, 0.05) is 18.0 Å². The molecule has 0 saturated heterocycles. The number of nitrogen functional groups attached to an aromatic ring is 1. The van der Waals surface area contributed by atoms with Gasteiger partial charge in [0.25, 0.3) is 5.91 Å². The highest BCUT2D eigenvalue weighted by Gasteiger charge is 2.07. The molecule has 0 aliphatic carbocycles. The lowest BCUT2D eigenvalue weighted by molar-refractivity contribution is 0.102. The largest absolute Gasteiger partial charge is 0.384 e. The first kappa shape index (κ1) is 11.1. The molecule has 3 N–H and O–H groups in total. The van der Waals surface area contributed by atoms with Crippen molar-refractivity contribution in [3.63, 3.8) is 0 Å². The van der Waals surface area contributed by atoms with Crippen LogP contribution in [0.15, 0.2) is 36.7 Å². The molecule has 5 heteroatoms. The Bertz CT molecular complexity index is 539. The number of carbonyl (C=O) groups is 1. The fourth-order valence-corrected chi connectivity index (χ4v) is 1.41. The standard InChI is InChI=1S/C12H12N4O/c1-8-10(2-3-11(13)15-8)16-12(17)9-4-6-14-7-5-9/h2-7H,1H3,(H2,13,15)(H,16,17). The number of nitrogens with two attached hydrogens (primary N) is 1. The number of amides is 1. The molecule has 2 aromatic rings. The quantitative estimate of drug-likeness (QED) is 0.818. The van der Waals surface area contributed by atoms with Crippen molar-refractivity contribution in [3.8, 4) is 0 Å². The molecule has 0 spiro atoms. The Morgan fingerprint density at radius 1 is 1.24 bits per heavy atom. The summed E-state index contributed by atoms with van der Waals surface area (Å²) in [6.07, 6.45) is 3.14. The van der Waals surface area contributed by atoms with Gasteiger partial charge in [-0.15, -0.1) is 0 Å². The molecule has 0 radical (unpaired) electrons. The van der Waals surface area contributed by atoms with Gasteiger partial charge in [0.1, 0.15) is 5.82 Å². The molecule has 0 saturated carbocycles. The summed E-state index contributed by atoms with van der Waals surface area (Å²) in [5.41, 5.74) is 7.43. The molecule has 0 aliphatic heterocycles. The van der Waals surface area contributed by atoms with Crippen molar-refractivity contribution in [2.75, 3.05) is 11.1 Å². The maximum absolute atomic E-state index is 11.9. The summed E-state index contributed by atoms with van der Waals surface area (Å²) in [5, 5.41) is 2.77. The highest BCUT2D eigenvalue weighted by molar-refractivity contribution is 6.04. The van der Waals surface area contributed by atoms with Gasteiger partial charge >= 0.3 is 0 Å². The zero-order chi connectivity index (χ0) is 12.3. The maximum Gasteiger partial charge on any atom is 0.255 e. The van der Waals surface area contributed by atoms with E-state index in [0.717, 1.165) is 0 Å². The average molecular weight is 228 g/mol. The lowest BCUT2D eigenvalue weighted by Gasteiger charge is -2.07. The molecule has 1 amide bonds. The van der Waals surface area contributed by atoms with Gasteiger partial charge in [-0.3, -0.25) is 9.78 Å². The van der Waals surface area contributed by atoms with Crippen LogP contribution in [0.25, 0.3) is 0 Å². The Kier molecular flexibility index (Phi) is 3.00. The van der Waals surface area contributed by atoms with Crippen LogP contribution in [-0.2, 0) is 0 Å². The summed E-state index contributed by atoms with van der Waals surface area (Å²) in [6.45, 7) is 1.79. The molecule has 2 rings (SSSR count). The van der Waals surface area contributed by atoms with Crippen molar-refractivity contribution in [3.05, 3.63) is 47.9 Å². The van der Waals surface area contributed by atoms with Crippen LogP contribution >= 0.6 is 0 Å². The Morgan fingerprint density at radius 2 is 1.94 bits per heavy atom. The number of hydrogen-bond donors (Lipinski definition) is 2. The van der Waals surface area contributed by atoms with Crippen LogP contribution < -0.4 is 11.1 Å². The molecule has 0 atom stereocenters. The monoisotopic (exact) mass is 228 g/mol. The van der Waals surface area contributed by atoms with E-state index >= 15 is 0 Å². The van der Waals surface area contributed by atoms with Crippen molar-refractivity contribution in [1.82, 2.24) is 9.97 Å². The highest BCUT2D eigenvalue weighted by atomic mass is 16.1. The number of anilines is 2. The van der Waals surface area contributed by atoms with Crippen molar-refractivity contribution in [2.45, 2.75) is 6.92 Å². The molecule has 2 aromatic heterocycles. The van der Waals surface area contributed by atoms with Crippen LogP contribution in [-0.4, -0.2) is 15.9 Å². The van der Waals surface area contributed by atoms with Crippen LogP contribution in [0.4, 0.5) is 11.5 Å². The predicted molar refractivity (Wildman–Crippen MR) is 65.6 cm³/mol. The van der Waals surface area contributed by atoms with Crippen molar-refractivity contribution in [2.24, 2.45) is 0 Å². The maximum atomic E-state index is 11.9. The van der Waals surface area contributed by atoms with Crippen LogP contribution in [0, 0.1) is 6.92 Å². The van der Waals surface area contributed by atoms with Gasteiger partial charge in [-0.2, -0.15) is 0 Å². The molecule has 0 aliphatic rings. The molecular formula is C12H12N4O. The van der Waals surface area contributed by atoms with E-state index < -0.39 is 0 Å². The van der Waals surface area contributed by atoms with E-state index in [-0.39, 0.29) is 5.91 Å². The number of aryl methyl sites for hydroxylation is 1. The minimum absolute atomic E-state index is 0.193. The molecule has 0 aromatic carbocycles. The number of aromatic nitrogens is 2. The third-order valence-corrected chi connectivity index (χ3v) is 2.30. The number of pyridine rings is 2. The van der Waals surface area contributed by atoms with E-state index in [1.54, 1.807) is 43.6 Å². The molecule has 17 heavy (non-hydrogen) atoms. The number of nitrogens with zero attached hydrogens (tertiary/aromatic N) is 2. The summed E-state index contributed by atoms with van der Waals surface area (Å²) in [4.78, 5) is 19.8. The smallest absolute Gasteiger partial charge is 0.255 e. The zero-order valence-electron chi connectivity index (χ0n) is 9.34. The van der Waals surface area contributed by atoms with Gasteiger partial charge in [-0.25, -0.2) is 4.98 Å². The number of rotatable bonds is 2. The second kappa shape index (κ2) is 4.61. The van der Waals surface area contributed by atoms with Gasteiger partial charge in [0.2, 0.25) is 0 Å². The van der Waals surface area contributed by atoms with Crippen LogP contribution in [0.3, 0.4) is 0 Å². The van der Waals surface area contributed by atoms with E-state index in [0.29, 0.717) is 22.8 Å². The Morgan fingerprint density at radius 3 is 2.59 bits per heavy atom. The predicted octanol–water partition coefficient (Wildman–Crippen LogP) is 1.62.